The molecule has 9 nitrogen and oxygen atoms in total. The van der Waals surface area contributed by atoms with Crippen LogP contribution in [0.25, 0.3) is 11.0 Å². The van der Waals surface area contributed by atoms with Crippen molar-refractivity contribution in [2.75, 3.05) is 30.4 Å². The average molecular weight is 467 g/mol. The largest absolute Gasteiger partial charge is 0.417 e. The molecule has 176 valence electrons. The van der Waals surface area contributed by atoms with Gasteiger partial charge in [-0.1, -0.05) is 0 Å². The molecule has 0 aliphatic carbocycles. The van der Waals surface area contributed by atoms with Crippen LogP contribution in [0.4, 0.5) is 33.7 Å². The van der Waals surface area contributed by atoms with Gasteiger partial charge in [0.1, 0.15) is 17.4 Å². The van der Waals surface area contributed by atoms with Crippen molar-refractivity contribution in [1.82, 2.24) is 24.6 Å². The van der Waals surface area contributed by atoms with Gasteiger partial charge in [-0.2, -0.15) is 18.3 Å². The summed E-state index contributed by atoms with van der Waals surface area (Å²) in [5, 5.41) is 8.90. The first kappa shape index (κ1) is 22.6. The minimum absolute atomic E-state index is 0.00502. The van der Waals surface area contributed by atoms with E-state index in [1.54, 1.807) is 17.3 Å². The number of carbonyl (C=O) groups is 1. The first-order valence-corrected chi connectivity index (χ1v) is 10.0. The van der Waals surface area contributed by atoms with Crippen molar-refractivity contribution in [1.29, 1.82) is 0 Å². The topological polar surface area (TPSA) is 99.2 Å². The van der Waals surface area contributed by atoms with E-state index >= 15 is 4.39 Å². The highest BCUT2D eigenvalue weighted by Gasteiger charge is 2.35. The van der Waals surface area contributed by atoms with E-state index in [9.17, 15) is 22.8 Å². The number of aromatic amines is 1. The van der Waals surface area contributed by atoms with Gasteiger partial charge in [0.25, 0.3) is 5.56 Å². The number of fused-ring (bicyclic) bond motifs is 1. The summed E-state index contributed by atoms with van der Waals surface area (Å²) in [6.07, 6.45) is -2.02. The van der Waals surface area contributed by atoms with Gasteiger partial charge >= 0.3 is 12.2 Å². The Morgan fingerprint density at radius 3 is 2.76 bits per heavy atom. The third kappa shape index (κ3) is 4.47. The van der Waals surface area contributed by atoms with Crippen molar-refractivity contribution < 1.29 is 22.4 Å². The van der Waals surface area contributed by atoms with Crippen LogP contribution < -0.4 is 15.8 Å². The number of hydrogen-bond acceptors (Lipinski definition) is 5. The molecule has 1 aliphatic rings. The summed E-state index contributed by atoms with van der Waals surface area (Å²) < 4.78 is 54.9. The van der Waals surface area contributed by atoms with Crippen molar-refractivity contribution in [3.63, 3.8) is 0 Å². The number of halogens is 4. The Morgan fingerprint density at radius 2 is 2.06 bits per heavy atom. The molecule has 0 bridgehead atoms. The number of hydrogen-bond donors (Lipinski definition) is 2. The first-order chi connectivity index (χ1) is 15.5. The lowest BCUT2D eigenvalue weighted by atomic mass is 10.0. The van der Waals surface area contributed by atoms with Crippen molar-refractivity contribution >= 4 is 28.4 Å². The lowest BCUT2D eigenvalue weighted by Gasteiger charge is -2.39. The molecule has 0 aromatic carbocycles. The summed E-state index contributed by atoms with van der Waals surface area (Å²) in [5.74, 6) is 0. The van der Waals surface area contributed by atoms with Crippen molar-refractivity contribution in [3.8, 4) is 0 Å². The second kappa shape index (κ2) is 8.37. The maximum atomic E-state index is 15.0. The number of amides is 2. The van der Waals surface area contributed by atoms with Crippen LogP contribution in [0.2, 0.25) is 0 Å². The molecule has 0 saturated carbocycles. The fourth-order valence-electron chi connectivity index (χ4n) is 3.87. The van der Waals surface area contributed by atoms with E-state index in [0.29, 0.717) is 35.5 Å². The Labute approximate surface area is 185 Å². The zero-order valence-electron chi connectivity index (χ0n) is 17.7. The van der Waals surface area contributed by atoms with Crippen LogP contribution in [0.5, 0.6) is 0 Å². The molecule has 2 amide bonds. The molecule has 1 saturated heterocycles. The van der Waals surface area contributed by atoms with E-state index in [1.165, 1.54) is 7.05 Å². The third-order valence-corrected chi connectivity index (χ3v) is 5.72. The van der Waals surface area contributed by atoms with Gasteiger partial charge < -0.3 is 19.7 Å². The lowest BCUT2D eigenvalue weighted by molar-refractivity contribution is -0.138. The number of nitrogens with zero attached hydrogens (tertiary/aromatic N) is 5. The minimum atomic E-state index is -4.69. The van der Waals surface area contributed by atoms with Gasteiger partial charge in [-0.15, -0.1) is 0 Å². The quantitative estimate of drug-likeness (QED) is 0.578. The van der Waals surface area contributed by atoms with Crippen LogP contribution in [0.3, 0.4) is 0 Å². The highest BCUT2D eigenvalue weighted by atomic mass is 19.4. The third-order valence-electron chi connectivity index (χ3n) is 5.72. The van der Waals surface area contributed by atoms with Crippen LogP contribution in [-0.2, 0) is 13.2 Å². The van der Waals surface area contributed by atoms with Gasteiger partial charge in [0, 0.05) is 26.8 Å². The van der Waals surface area contributed by atoms with E-state index in [2.05, 4.69) is 20.5 Å². The normalized spacial score (nSPS) is 19.0. The smallest absolute Gasteiger partial charge is 0.367 e. The Kier molecular flexibility index (Phi) is 5.72. The minimum Gasteiger partial charge on any atom is -0.367 e. The zero-order chi connectivity index (χ0) is 23.9. The van der Waals surface area contributed by atoms with Crippen molar-refractivity contribution in [2.24, 2.45) is 7.05 Å². The molecule has 2 N–H and O–H groups in total. The van der Waals surface area contributed by atoms with Crippen LogP contribution in [0.15, 0.2) is 35.5 Å². The van der Waals surface area contributed by atoms with Gasteiger partial charge in [-0.25, -0.2) is 9.18 Å². The van der Waals surface area contributed by atoms with E-state index in [1.807, 2.05) is 6.07 Å². The summed E-state index contributed by atoms with van der Waals surface area (Å²) in [7, 11) is 2.50. The van der Waals surface area contributed by atoms with Crippen molar-refractivity contribution in [2.45, 2.75) is 24.8 Å². The Morgan fingerprint density at radius 1 is 1.30 bits per heavy atom. The molecule has 4 rings (SSSR count). The summed E-state index contributed by atoms with van der Waals surface area (Å²) in [6.45, 7) is 0.421. The molecule has 2 unspecified atom stereocenters. The molecule has 2 atom stereocenters. The number of rotatable bonds is 3. The van der Waals surface area contributed by atoms with Crippen LogP contribution >= 0.6 is 0 Å². The number of H-pyrrole nitrogens is 1. The molecule has 3 aromatic rings. The Hall–Kier alpha value is -3.64. The second-order valence-corrected chi connectivity index (χ2v) is 7.91. The molecular weight excluding hydrogens is 446 g/mol. The fraction of sp³-hybridized carbons (Fsp3) is 0.400. The molecule has 0 spiro atoms. The van der Waals surface area contributed by atoms with E-state index in [-0.39, 0.29) is 13.0 Å². The van der Waals surface area contributed by atoms with E-state index in [0.717, 1.165) is 16.5 Å². The van der Waals surface area contributed by atoms with Crippen LogP contribution in [0, 0.1) is 0 Å². The molecule has 3 aromatic heterocycles. The molecular formula is C20H21F4N7O2. The molecule has 4 heterocycles. The van der Waals surface area contributed by atoms with Gasteiger partial charge in [0.05, 0.1) is 41.7 Å². The van der Waals surface area contributed by atoms with Gasteiger partial charge in [-0.3, -0.25) is 14.9 Å². The average Bonchev–Trinajstić information content (AvgIpc) is 3.23. The first-order valence-electron chi connectivity index (χ1n) is 10.0. The SMILES string of the molecule is CN(C(=O)Nc1cc(C(F)(F)F)cn(C)c1=O)C1CCN(c2cnc3cn[nH]c3c2)CC1F. The van der Waals surface area contributed by atoms with E-state index < -0.39 is 41.2 Å². The number of nitrogens with one attached hydrogen (secondary N) is 2. The number of piperidine rings is 1. The molecule has 33 heavy (non-hydrogen) atoms. The number of pyridine rings is 2. The summed E-state index contributed by atoms with van der Waals surface area (Å²) in [5.41, 5.74) is -0.324. The molecule has 13 heteroatoms. The van der Waals surface area contributed by atoms with E-state index in [4.69, 9.17) is 0 Å². The monoisotopic (exact) mass is 467 g/mol. The number of aromatic nitrogens is 4. The van der Waals surface area contributed by atoms with Crippen molar-refractivity contribution in [3.05, 3.63) is 46.6 Å². The number of anilines is 2. The highest BCUT2D eigenvalue weighted by Crippen LogP contribution is 2.30. The predicted molar refractivity (Wildman–Crippen MR) is 113 cm³/mol. The molecule has 1 fully saturated rings. The predicted octanol–water partition coefficient (Wildman–Crippen LogP) is 2.76. The van der Waals surface area contributed by atoms with Crippen LogP contribution in [0.1, 0.15) is 12.0 Å². The maximum absolute atomic E-state index is 15.0. The summed E-state index contributed by atoms with van der Waals surface area (Å²) >= 11 is 0. The zero-order valence-corrected chi connectivity index (χ0v) is 17.7. The summed E-state index contributed by atoms with van der Waals surface area (Å²) in [4.78, 5) is 32.0. The number of carbonyl (C=O) groups excluding carboxylic acids is 1. The Balaban J connectivity index is 1.45. The fourth-order valence-corrected chi connectivity index (χ4v) is 3.87. The second-order valence-electron chi connectivity index (χ2n) is 7.91. The number of alkyl halides is 4. The van der Waals surface area contributed by atoms with Crippen LogP contribution in [-0.4, -0.2) is 63.0 Å². The highest BCUT2D eigenvalue weighted by molar-refractivity contribution is 5.89. The molecule has 0 radical (unpaired) electrons. The van der Waals surface area contributed by atoms with Gasteiger partial charge in [-0.05, 0) is 18.6 Å². The number of urea groups is 1. The number of aryl methyl sites for hydroxylation is 1. The van der Waals surface area contributed by atoms with Gasteiger partial charge in [0.2, 0.25) is 0 Å². The molecule has 1 aliphatic heterocycles. The summed E-state index contributed by atoms with van der Waals surface area (Å²) in [6, 6.07) is 0.692. The van der Waals surface area contributed by atoms with Gasteiger partial charge in [0.15, 0.2) is 0 Å². The standard InChI is InChI=1S/C20H21F4N7O2/c1-29-9-11(20(22,23)24)5-15(18(29)32)27-19(33)30(2)17-3-4-31(10-13(17)21)12-6-14-16(25-7-12)8-26-28-14/h5-9,13,17H,3-4,10H2,1-2H3,(H,26,28)(H,27,33). The maximum Gasteiger partial charge on any atom is 0.417 e. The lowest BCUT2D eigenvalue weighted by Crippen LogP contribution is -2.54. The Bertz CT molecular complexity index is 1240.